The molecule has 174 valence electrons. The SMILES string of the molecule is C[C@H]1C[C@H](C)CN(CCCNC(=O)C2CCN(S(=O)(=O)Cc3ccccc3Cl)CC2)C1. The fourth-order valence-electron chi connectivity index (χ4n) is 4.93. The summed E-state index contributed by atoms with van der Waals surface area (Å²) in [5, 5.41) is 3.53. The van der Waals surface area contributed by atoms with E-state index in [9.17, 15) is 13.2 Å². The second-order valence-electron chi connectivity index (χ2n) is 9.37. The van der Waals surface area contributed by atoms with Crippen molar-refractivity contribution in [3.8, 4) is 0 Å². The molecule has 1 aromatic carbocycles. The minimum atomic E-state index is -3.44. The first kappa shape index (κ1) is 24.5. The summed E-state index contributed by atoms with van der Waals surface area (Å²) in [6.45, 7) is 9.40. The van der Waals surface area contributed by atoms with Crippen LogP contribution in [0.15, 0.2) is 24.3 Å². The molecular formula is C23H36ClN3O3S. The summed E-state index contributed by atoms with van der Waals surface area (Å²) in [4.78, 5) is 15.0. The highest BCUT2D eigenvalue weighted by atomic mass is 35.5. The lowest BCUT2D eigenvalue weighted by Gasteiger charge is -2.35. The number of piperidine rings is 2. The van der Waals surface area contributed by atoms with E-state index in [0.717, 1.165) is 37.9 Å². The number of benzene rings is 1. The molecule has 0 aromatic heterocycles. The number of hydrogen-bond donors (Lipinski definition) is 1. The summed E-state index contributed by atoms with van der Waals surface area (Å²) in [5.74, 6) is 1.35. The van der Waals surface area contributed by atoms with E-state index in [1.54, 1.807) is 24.3 Å². The molecule has 0 saturated carbocycles. The maximum Gasteiger partial charge on any atom is 0.223 e. The molecule has 6 nitrogen and oxygen atoms in total. The van der Waals surface area contributed by atoms with Crippen LogP contribution in [0.3, 0.4) is 0 Å². The highest BCUT2D eigenvalue weighted by Crippen LogP contribution is 2.24. The van der Waals surface area contributed by atoms with Crippen molar-refractivity contribution < 1.29 is 13.2 Å². The van der Waals surface area contributed by atoms with Crippen molar-refractivity contribution in [1.29, 1.82) is 0 Å². The topological polar surface area (TPSA) is 69.7 Å². The highest BCUT2D eigenvalue weighted by molar-refractivity contribution is 7.88. The van der Waals surface area contributed by atoms with Crippen LogP contribution in [0.1, 0.15) is 45.1 Å². The Morgan fingerprint density at radius 2 is 1.77 bits per heavy atom. The maximum atomic E-state index is 12.8. The van der Waals surface area contributed by atoms with E-state index in [1.807, 2.05) is 0 Å². The van der Waals surface area contributed by atoms with Crippen LogP contribution in [0.5, 0.6) is 0 Å². The number of rotatable bonds is 8. The fraction of sp³-hybridized carbons (Fsp3) is 0.696. The van der Waals surface area contributed by atoms with Gasteiger partial charge in [0.2, 0.25) is 15.9 Å². The van der Waals surface area contributed by atoms with Gasteiger partial charge in [-0.3, -0.25) is 4.79 Å². The van der Waals surface area contributed by atoms with E-state index in [4.69, 9.17) is 11.6 Å². The van der Waals surface area contributed by atoms with Gasteiger partial charge in [-0.15, -0.1) is 0 Å². The van der Waals surface area contributed by atoms with E-state index in [1.165, 1.54) is 10.7 Å². The summed E-state index contributed by atoms with van der Waals surface area (Å²) < 4.78 is 27.0. The molecule has 2 atom stereocenters. The number of nitrogens with zero attached hydrogens (tertiary/aromatic N) is 2. The zero-order chi connectivity index (χ0) is 22.4. The van der Waals surface area contributed by atoms with Gasteiger partial charge in [0, 0.05) is 43.7 Å². The van der Waals surface area contributed by atoms with E-state index < -0.39 is 10.0 Å². The average molecular weight is 470 g/mol. The van der Waals surface area contributed by atoms with Crippen molar-refractivity contribution in [2.24, 2.45) is 17.8 Å². The molecule has 1 amide bonds. The first-order chi connectivity index (χ1) is 14.7. The lowest BCUT2D eigenvalue weighted by Crippen LogP contribution is -2.44. The van der Waals surface area contributed by atoms with Crippen LogP contribution >= 0.6 is 11.6 Å². The fourth-order valence-corrected chi connectivity index (χ4v) is 6.81. The number of carbonyl (C=O) groups is 1. The Labute approximate surface area is 192 Å². The summed E-state index contributed by atoms with van der Waals surface area (Å²) in [7, 11) is -3.44. The average Bonchev–Trinajstić information content (AvgIpc) is 2.72. The zero-order valence-corrected chi connectivity index (χ0v) is 20.3. The van der Waals surface area contributed by atoms with Crippen LogP contribution in [-0.4, -0.2) is 62.8 Å². The Morgan fingerprint density at radius 1 is 1.13 bits per heavy atom. The standard InChI is InChI=1S/C23H36ClN3O3S/c1-18-14-19(2)16-26(15-18)11-5-10-25-23(28)20-8-12-27(13-9-20)31(29,30)17-21-6-3-4-7-22(21)24/h3-4,6-7,18-20H,5,8-17H2,1-2H3,(H,25,28)/t18-,19-/m0/s1. The first-order valence-electron chi connectivity index (χ1n) is 11.5. The summed E-state index contributed by atoms with van der Waals surface area (Å²) in [5.41, 5.74) is 0.613. The monoisotopic (exact) mass is 469 g/mol. The minimum absolute atomic E-state index is 0.0588. The number of sulfonamides is 1. The Bertz CT molecular complexity index is 830. The van der Waals surface area contributed by atoms with Gasteiger partial charge in [0.15, 0.2) is 0 Å². The lowest BCUT2D eigenvalue weighted by molar-refractivity contribution is -0.126. The normalized spacial score (nSPS) is 24.2. The van der Waals surface area contributed by atoms with E-state index >= 15 is 0 Å². The van der Waals surface area contributed by atoms with Crippen molar-refractivity contribution in [2.75, 3.05) is 39.3 Å². The van der Waals surface area contributed by atoms with Gasteiger partial charge in [0.05, 0.1) is 5.75 Å². The van der Waals surface area contributed by atoms with E-state index in [0.29, 0.717) is 43.1 Å². The molecule has 0 aliphatic carbocycles. The molecule has 2 aliphatic rings. The van der Waals surface area contributed by atoms with Gasteiger partial charge >= 0.3 is 0 Å². The smallest absolute Gasteiger partial charge is 0.223 e. The third kappa shape index (κ3) is 7.17. The van der Waals surface area contributed by atoms with Crippen LogP contribution in [0, 0.1) is 17.8 Å². The van der Waals surface area contributed by atoms with Gasteiger partial charge in [0.1, 0.15) is 0 Å². The molecule has 0 spiro atoms. The quantitative estimate of drug-likeness (QED) is 0.592. The third-order valence-electron chi connectivity index (χ3n) is 6.41. The molecule has 1 N–H and O–H groups in total. The zero-order valence-electron chi connectivity index (χ0n) is 18.7. The van der Waals surface area contributed by atoms with Gasteiger partial charge in [-0.05, 0) is 55.7 Å². The number of halogens is 1. The number of nitrogens with one attached hydrogen (secondary N) is 1. The van der Waals surface area contributed by atoms with Crippen molar-refractivity contribution in [3.05, 3.63) is 34.9 Å². The maximum absolute atomic E-state index is 12.8. The van der Waals surface area contributed by atoms with Gasteiger partial charge in [0.25, 0.3) is 0 Å². The molecule has 2 heterocycles. The van der Waals surface area contributed by atoms with E-state index in [2.05, 4.69) is 24.1 Å². The van der Waals surface area contributed by atoms with Crippen LogP contribution in [0.25, 0.3) is 0 Å². The van der Waals surface area contributed by atoms with Crippen molar-refractivity contribution in [3.63, 3.8) is 0 Å². The molecule has 2 fully saturated rings. The number of carbonyl (C=O) groups excluding carboxylic acids is 1. The Balaban J connectivity index is 1.38. The van der Waals surface area contributed by atoms with Crippen molar-refractivity contribution >= 4 is 27.5 Å². The van der Waals surface area contributed by atoms with Crippen LogP contribution < -0.4 is 5.32 Å². The van der Waals surface area contributed by atoms with Gasteiger partial charge in [-0.25, -0.2) is 12.7 Å². The predicted octanol–water partition coefficient (Wildman–Crippen LogP) is 3.37. The Hall–Kier alpha value is -1.15. The minimum Gasteiger partial charge on any atom is -0.356 e. The largest absolute Gasteiger partial charge is 0.356 e. The van der Waals surface area contributed by atoms with Crippen molar-refractivity contribution in [2.45, 2.75) is 45.3 Å². The lowest BCUT2D eigenvalue weighted by atomic mass is 9.92. The first-order valence-corrected chi connectivity index (χ1v) is 13.4. The van der Waals surface area contributed by atoms with E-state index in [-0.39, 0.29) is 17.6 Å². The molecule has 0 unspecified atom stereocenters. The molecule has 2 saturated heterocycles. The summed E-state index contributed by atoms with van der Waals surface area (Å²) >= 11 is 6.12. The molecule has 0 radical (unpaired) electrons. The number of amides is 1. The molecule has 3 rings (SSSR count). The summed E-state index contributed by atoms with van der Waals surface area (Å²) in [6, 6.07) is 7.02. The van der Waals surface area contributed by atoms with Crippen LogP contribution in [0.4, 0.5) is 0 Å². The second-order valence-corrected chi connectivity index (χ2v) is 11.7. The van der Waals surface area contributed by atoms with Crippen LogP contribution in [0.2, 0.25) is 5.02 Å². The third-order valence-corrected chi connectivity index (χ3v) is 8.61. The predicted molar refractivity (Wildman–Crippen MR) is 125 cm³/mol. The summed E-state index contributed by atoms with van der Waals surface area (Å²) in [6.07, 6.45) is 3.39. The van der Waals surface area contributed by atoms with Crippen LogP contribution in [-0.2, 0) is 20.6 Å². The Morgan fingerprint density at radius 3 is 2.42 bits per heavy atom. The van der Waals surface area contributed by atoms with Gasteiger partial charge in [-0.2, -0.15) is 0 Å². The van der Waals surface area contributed by atoms with Gasteiger partial charge in [-0.1, -0.05) is 43.6 Å². The number of hydrogen-bond acceptors (Lipinski definition) is 4. The molecule has 1 aromatic rings. The van der Waals surface area contributed by atoms with Crippen molar-refractivity contribution in [1.82, 2.24) is 14.5 Å². The molecule has 0 bridgehead atoms. The molecule has 2 aliphatic heterocycles. The number of likely N-dealkylation sites (tertiary alicyclic amines) is 1. The Kier molecular flexibility index (Phi) is 8.79. The van der Waals surface area contributed by atoms with Gasteiger partial charge < -0.3 is 10.2 Å². The second kappa shape index (κ2) is 11.1. The molecule has 8 heteroatoms. The molecular weight excluding hydrogens is 434 g/mol. The molecule has 31 heavy (non-hydrogen) atoms. The highest BCUT2D eigenvalue weighted by Gasteiger charge is 2.31.